The first-order chi connectivity index (χ1) is 17.1. The minimum atomic E-state index is -0.541. The normalized spacial score (nSPS) is 16.5. The molecule has 0 radical (unpaired) electrons. The first-order valence-corrected chi connectivity index (χ1v) is 13.5. The van der Waals surface area contributed by atoms with E-state index in [4.69, 9.17) is 19.6 Å². The van der Waals surface area contributed by atoms with Crippen molar-refractivity contribution >= 4 is 44.5 Å². The molecule has 7 nitrogen and oxygen atoms in total. The zero-order valence-corrected chi connectivity index (χ0v) is 22.3. The van der Waals surface area contributed by atoms with Crippen LogP contribution in [0.4, 0.5) is 0 Å². The molecule has 2 heterocycles. The van der Waals surface area contributed by atoms with Gasteiger partial charge in [-0.25, -0.2) is 5.01 Å². The van der Waals surface area contributed by atoms with E-state index in [-0.39, 0.29) is 5.91 Å². The molecule has 2 aliphatic rings. The smallest absolute Gasteiger partial charge is 0.276 e. The van der Waals surface area contributed by atoms with Crippen LogP contribution in [-0.4, -0.2) is 35.1 Å². The fourth-order valence-corrected chi connectivity index (χ4v) is 5.34. The molecular weight excluding hydrogens is 528 g/mol. The van der Waals surface area contributed by atoms with Gasteiger partial charge < -0.3 is 9.47 Å². The summed E-state index contributed by atoms with van der Waals surface area (Å²) < 4.78 is 12.5. The van der Waals surface area contributed by atoms with Gasteiger partial charge in [0.2, 0.25) is 0 Å². The summed E-state index contributed by atoms with van der Waals surface area (Å²) in [6.45, 7) is 8.65. The number of rotatable bonds is 10. The molecule has 1 atom stereocenters. The Bertz CT molecular complexity index is 1260. The maximum atomic E-state index is 13.3. The summed E-state index contributed by atoms with van der Waals surface area (Å²) in [6, 6.07) is 11.5. The number of amides is 1. The summed E-state index contributed by atoms with van der Waals surface area (Å²) in [5.74, 6) is 1.90. The van der Waals surface area contributed by atoms with Gasteiger partial charge in [0, 0.05) is 16.5 Å². The minimum absolute atomic E-state index is 0.180. The third-order valence-electron chi connectivity index (χ3n) is 5.48. The van der Waals surface area contributed by atoms with Crippen molar-refractivity contribution in [2.24, 2.45) is 10.1 Å². The van der Waals surface area contributed by atoms with Crippen LogP contribution in [0.5, 0.6) is 11.5 Å². The van der Waals surface area contributed by atoms with Gasteiger partial charge in [-0.1, -0.05) is 62.4 Å². The predicted molar refractivity (Wildman–Crippen MR) is 144 cm³/mol. The average molecular weight is 558 g/mol. The maximum Gasteiger partial charge on any atom is 0.276 e. The highest BCUT2D eigenvalue weighted by Crippen LogP contribution is 2.41. The van der Waals surface area contributed by atoms with E-state index in [2.05, 4.69) is 34.7 Å². The standard InChI is InChI=1S/C26H29BrN4O3S/c1-4-7-10-14-35-26-29-25(32)22-18-11-8-9-12-20(18)28-24(31(22)30-26)17-15-19(27)23(34-13-5-2)21(16-17)33-6-3/h5,8-9,11-12,15-16,24H,2,4,6-7,10,13-14H2,1,3H3,(H,29,30,32). The molecule has 0 aromatic heterocycles. The number of nitrogens with one attached hydrogen (secondary N) is 1. The Balaban J connectivity index is 1.80. The van der Waals surface area contributed by atoms with Gasteiger partial charge in [0.05, 0.1) is 16.4 Å². The molecule has 35 heavy (non-hydrogen) atoms. The van der Waals surface area contributed by atoms with Crippen molar-refractivity contribution in [1.82, 2.24) is 10.3 Å². The minimum Gasteiger partial charge on any atom is -0.490 e. The van der Waals surface area contributed by atoms with Crippen LogP contribution in [0.15, 0.2) is 63.6 Å². The summed E-state index contributed by atoms with van der Waals surface area (Å²) in [4.78, 5) is 18.3. The number of hydrogen-bond acceptors (Lipinski definition) is 7. The largest absolute Gasteiger partial charge is 0.490 e. The van der Waals surface area contributed by atoms with E-state index in [1.54, 1.807) is 22.8 Å². The number of unbranched alkanes of at least 4 members (excludes halogenated alkanes) is 2. The van der Waals surface area contributed by atoms with Crippen molar-refractivity contribution in [3.05, 3.63) is 69.7 Å². The summed E-state index contributed by atoms with van der Waals surface area (Å²) in [6.07, 6.45) is 4.51. The molecule has 9 heteroatoms. The van der Waals surface area contributed by atoms with Crippen molar-refractivity contribution < 1.29 is 14.3 Å². The lowest BCUT2D eigenvalue weighted by Crippen LogP contribution is -2.50. The van der Waals surface area contributed by atoms with E-state index in [9.17, 15) is 4.79 Å². The summed E-state index contributed by atoms with van der Waals surface area (Å²) in [5.41, 5.74) is 1.31. The summed E-state index contributed by atoms with van der Waals surface area (Å²) >= 11 is 5.19. The number of benzene rings is 2. The van der Waals surface area contributed by atoms with Crippen molar-refractivity contribution in [2.45, 2.75) is 39.3 Å². The van der Waals surface area contributed by atoms with Gasteiger partial charge in [-0.05, 0) is 47.5 Å². The molecule has 0 fully saturated rings. The lowest BCUT2D eigenvalue weighted by atomic mass is 10.1. The number of carbonyl (C=O) groups is 1. The van der Waals surface area contributed by atoms with Crippen LogP contribution in [-0.2, 0) is 4.79 Å². The van der Waals surface area contributed by atoms with E-state index >= 15 is 0 Å². The second kappa shape index (κ2) is 11.8. The van der Waals surface area contributed by atoms with Gasteiger partial charge in [0.15, 0.2) is 22.8 Å². The highest BCUT2D eigenvalue weighted by molar-refractivity contribution is 9.10. The first-order valence-electron chi connectivity index (χ1n) is 11.8. The Morgan fingerprint density at radius 1 is 1.23 bits per heavy atom. The zero-order valence-electron chi connectivity index (χ0n) is 19.9. The Labute approximate surface area is 218 Å². The Morgan fingerprint density at radius 2 is 2.06 bits per heavy atom. The molecule has 1 amide bonds. The Hall–Kier alpha value is -2.78. The van der Waals surface area contributed by atoms with Gasteiger partial charge in [0.1, 0.15) is 12.3 Å². The molecule has 0 spiro atoms. The molecule has 2 aromatic carbocycles. The highest BCUT2D eigenvalue weighted by atomic mass is 79.9. The second-order valence-electron chi connectivity index (χ2n) is 7.99. The molecule has 2 aromatic rings. The fourth-order valence-electron chi connectivity index (χ4n) is 3.91. The molecule has 4 rings (SSSR count). The van der Waals surface area contributed by atoms with Crippen molar-refractivity contribution in [1.29, 1.82) is 0 Å². The van der Waals surface area contributed by atoms with Crippen LogP contribution in [0.2, 0.25) is 0 Å². The van der Waals surface area contributed by atoms with E-state index in [0.717, 1.165) is 45.6 Å². The van der Waals surface area contributed by atoms with Gasteiger partial charge in [-0.3, -0.25) is 15.1 Å². The Morgan fingerprint density at radius 3 is 2.83 bits per heavy atom. The Kier molecular flexibility index (Phi) is 8.51. The number of para-hydroxylation sites is 1. The third kappa shape index (κ3) is 5.56. The topological polar surface area (TPSA) is 75.5 Å². The van der Waals surface area contributed by atoms with Gasteiger partial charge in [-0.15, -0.1) is 5.10 Å². The zero-order chi connectivity index (χ0) is 24.8. The highest BCUT2D eigenvalue weighted by Gasteiger charge is 2.35. The van der Waals surface area contributed by atoms with Crippen LogP contribution in [0.25, 0.3) is 5.70 Å². The lowest BCUT2D eigenvalue weighted by molar-refractivity contribution is -0.116. The molecule has 0 saturated carbocycles. The van der Waals surface area contributed by atoms with Crippen molar-refractivity contribution in [2.75, 3.05) is 19.0 Å². The molecular formula is C26H29BrN4O3S. The quantitative estimate of drug-likeness (QED) is 0.345. The monoisotopic (exact) mass is 556 g/mol. The molecule has 0 bridgehead atoms. The third-order valence-corrected chi connectivity index (χ3v) is 7.02. The second-order valence-corrected chi connectivity index (χ2v) is 9.93. The molecule has 0 saturated heterocycles. The molecule has 1 N–H and O–H groups in total. The number of fused-ring (bicyclic) bond motifs is 2. The van der Waals surface area contributed by atoms with Crippen LogP contribution in [0.1, 0.15) is 44.8 Å². The molecule has 1 unspecified atom stereocenters. The summed E-state index contributed by atoms with van der Waals surface area (Å²) in [7, 11) is 0. The van der Waals surface area contributed by atoms with Crippen LogP contribution in [0.3, 0.4) is 0 Å². The molecule has 2 aliphatic heterocycles. The number of carbonyl (C=O) groups excluding carboxylic acids is 1. The maximum absolute atomic E-state index is 13.3. The number of amidine groups is 1. The van der Waals surface area contributed by atoms with Crippen LogP contribution < -0.4 is 25.4 Å². The van der Waals surface area contributed by atoms with Gasteiger partial charge >= 0.3 is 0 Å². The van der Waals surface area contributed by atoms with E-state index in [0.29, 0.717) is 35.6 Å². The number of thioether (sulfide) groups is 1. The van der Waals surface area contributed by atoms with Crippen LogP contribution in [0, 0.1) is 0 Å². The lowest BCUT2D eigenvalue weighted by Gasteiger charge is -2.34. The molecule has 184 valence electrons. The van der Waals surface area contributed by atoms with E-state index in [1.165, 1.54) is 0 Å². The van der Waals surface area contributed by atoms with Gasteiger partial charge in [-0.2, -0.15) is 0 Å². The van der Waals surface area contributed by atoms with Crippen molar-refractivity contribution in [3.8, 4) is 11.5 Å². The summed E-state index contributed by atoms with van der Waals surface area (Å²) in [5, 5.41) is 11.6. The van der Waals surface area contributed by atoms with Crippen molar-refractivity contribution in [3.63, 3.8) is 0 Å². The molecule has 0 aliphatic carbocycles. The van der Waals surface area contributed by atoms with E-state index < -0.39 is 6.17 Å². The van der Waals surface area contributed by atoms with Crippen LogP contribution >= 0.6 is 27.7 Å². The number of hydrogen-bond donors (Lipinski definition) is 1. The van der Waals surface area contributed by atoms with E-state index in [1.807, 2.05) is 43.3 Å². The average Bonchev–Trinajstić information content (AvgIpc) is 2.85. The number of nitrogens with zero attached hydrogens (tertiary/aromatic N) is 3. The number of hydrazone groups is 1. The van der Waals surface area contributed by atoms with Gasteiger partial charge in [0.25, 0.3) is 5.91 Å². The number of ether oxygens (including phenoxy) is 2. The fraction of sp³-hybridized carbons (Fsp3) is 0.346. The predicted octanol–water partition coefficient (Wildman–Crippen LogP) is 4.48. The SMILES string of the molecule is C=CCOc1c(Br)cc(C2N=c3ccccc3=C3C(=O)NC(SCCCCC)=NN32)cc1OCC. The first kappa shape index (κ1) is 25.3. The number of halogens is 1.